The number of carbonyl (C=O) groups is 2. The van der Waals surface area contributed by atoms with Gasteiger partial charge in [-0.3, -0.25) is 9.59 Å². The van der Waals surface area contributed by atoms with Gasteiger partial charge in [0.1, 0.15) is 12.4 Å². The second kappa shape index (κ2) is 7.09. The summed E-state index contributed by atoms with van der Waals surface area (Å²) >= 11 is 0. The van der Waals surface area contributed by atoms with Crippen LogP contribution in [0.3, 0.4) is 0 Å². The highest BCUT2D eigenvalue weighted by atomic mass is 16.5. The standard InChI is InChI=1S/C16H20N2O4/c1-11(15(17)19)8-18-10-22-13(9-21-2)14(16(18)20)12-6-4-3-5-7-12/h3-7,11H,8-10H2,1-2H3,(H2,17,19). The number of rotatable bonds is 6. The van der Waals surface area contributed by atoms with Crippen molar-refractivity contribution in [2.45, 2.75) is 6.92 Å². The number of benzene rings is 1. The molecule has 6 heteroatoms. The van der Waals surface area contributed by atoms with Gasteiger partial charge in [-0.15, -0.1) is 0 Å². The molecule has 0 aliphatic carbocycles. The smallest absolute Gasteiger partial charge is 0.260 e. The van der Waals surface area contributed by atoms with E-state index in [2.05, 4.69) is 0 Å². The molecule has 0 spiro atoms. The predicted molar refractivity (Wildman–Crippen MR) is 81.3 cm³/mol. The van der Waals surface area contributed by atoms with Gasteiger partial charge in [-0.25, -0.2) is 0 Å². The second-order valence-corrected chi connectivity index (χ2v) is 5.20. The van der Waals surface area contributed by atoms with Gasteiger partial charge < -0.3 is 20.1 Å². The van der Waals surface area contributed by atoms with Crippen LogP contribution in [0.4, 0.5) is 0 Å². The summed E-state index contributed by atoms with van der Waals surface area (Å²) in [5.41, 5.74) is 6.49. The molecule has 0 saturated carbocycles. The van der Waals surface area contributed by atoms with E-state index in [4.69, 9.17) is 15.2 Å². The first-order valence-corrected chi connectivity index (χ1v) is 7.03. The topological polar surface area (TPSA) is 81.9 Å². The van der Waals surface area contributed by atoms with E-state index in [0.29, 0.717) is 11.3 Å². The molecule has 0 aromatic heterocycles. The van der Waals surface area contributed by atoms with Gasteiger partial charge in [0.25, 0.3) is 5.91 Å². The molecule has 1 aromatic rings. The fourth-order valence-corrected chi connectivity index (χ4v) is 2.25. The first-order chi connectivity index (χ1) is 10.5. The molecule has 6 nitrogen and oxygen atoms in total. The molecule has 118 valence electrons. The molecule has 22 heavy (non-hydrogen) atoms. The van der Waals surface area contributed by atoms with Crippen LogP contribution in [0.25, 0.3) is 5.57 Å². The van der Waals surface area contributed by atoms with Crippen molar-refractivity contribution in [1.82, 2.24) is 4.90 Å². The van der Waals surface area contributed by atoms with Gasteiger partial charge in [-0.1, -0.05) is 37.3 Å². The first kappa shape index (κ1) is 16.0. The minimum absolute atomic E-state index is 0.0888. The maximum Gasteiger partial charge on any atom is 0.260 e. The second-order valence-electron chi connectivity index (χ2n) is 5.20. The minimum Gasteiger partial charge on any atom is -0.474 e. The van der Waals surface area contributed by atoms with Crippen LogP contribution >= 0.6 is 0 Å². The highest BCUT2D eigenvalue weighted by Crippen LogP contribution is 2.27. The fraction of sp³-hybridized carbons (Fsp3) is 0.375. The molecule has 1 heterocycles. The van der Waals surface area contributed by atoms with Crippen LogP contribution in [0.5, 0.6) is 0 Å². The van der Waals surface area contributed by atoms with E-state index in [0.717, 1.165) is 5.56 Å². The van der Waals surface area contributed by atoms with E-state index in [1.54, 1.807) is 14.0 Å². The van der Waals surface area contributed by atoms with Crippen LogP contribution in [-0.4, -0.2) is 43.7 Å². The molecule has 0 fully saturated rings. The molecule has 0 saturated heterocycles. The van der Waals surface area contributed by atoms with E-state index < -0.39 is 11.8 Å². The van der Waals surface area contributed by atoms with Crippen LogP contribution in [0.2, 0.25) is 0 Å². The third-order valence-electron chi connectivity index (χ3n) is 3.49. The molecule has 0 radical (unpaired) electrons. The Morgan fingerprint density at radius 2 is 2.09 bits per heavy atom. The molecular formula is C16H20N2O4. The minimum atomic E-state index is -0.444. The van der Waals surface area contributed by atoms with Gasteiger partial charge in [0, 0.05) is 13.7 Å². The van der Waals surface area contributed by atoms with Crippen molar-refractivity contribution in [3.8, 4) is 0 Å². The summed E-state index contributed by atoms with van der Waals surface area (Å²) in [6.07, 6.45) is 0. The van der Waals surface area contributed by atoms with Crippen LogP contribution in [0.15, 0.2) is 36.1 Å². The predicted octanol–water partition coefficient (Wildman–Crippen LogP) is 0.982. The first-order valence-electron chi connectivity index (χ1n) is 7.03. The quantitative estimate of drug-likeness (QED) is 0.849. The van der Waals surface area contributed by atoms with Gasteiger partial charge in [0.15, 0.2) is 6.73 Å². The van der Waals surface area contributed by atoms with Crippen LogP contribution < -0.4 is 5.73 Å². The van der Waals surface area contributed by atoms with Crippen molar-refractivity contribution in [3.63, 3.8) is 0 Å². The summed E-state index contributed by atoms with van der Waals surface area (Å²) < 4.78 is 10.8. The Balaban J connectivity index is 2.31. The number of hydrogen-bond acceptors (Lipinski definition) is 4. The lowest BCUT2D eigenvalue weighted by Gasteiger charge is -2.31. The molecule has 1 unspecified atom stereocenters. The lowest BCUT2D eigenvalue weighted by Crippen LogP contribution is -2.43. The zero-order valence-corrected chi connectivity index (χ0v) is 12.7. The van der Waals surface area contributed by atoms with Crippen molar-refractivity contribution in [3.05, 3.63) is 41.7 Å². The fourth-order valence-electron chi connectivity index (χ4n) is 2.25. The molecule has 1 aliphatic heterocycles. The number of nitrogens with zero attached hydrogens (tertiary/aromatic N) is 1. The number of hydrogen-bond donors (Lipinski definition) is 1. The molecule has 1 aromatic carbocycles. The Kier molecular flexibility index (Phi) is 5.16. The normalized spacial score (nSPS) is 16.5. The van der Waals surface area contributed by atoms with Gasteiger partial charge in [0.2, 0.25) is 5.91 Å². The largest absolute Gasteiger partial charge is 0.474 e. The average Bonchev–Trinajstić information content (AvgIpc) is 2.51. The molecule has 1 atom stereocenters. The van der Waals surface area contributed by atoms with Crippen LogP contribution in [0, 0.1) is 5.92 Å². The molecular weight excluding hydrogens is 284 g/mol. The van der Waals surface area contributed by atoms with E-state index in [-0.39, 0.29) is 25.8 Å². The molecule has 2 rings (SSSR count). The Morgan fingerprint density at radius 3 is 2.68 bits per heavy atom. The Hall–Kier alpha value is -2.34. The zero-order chi connectivity index (χ0) is 16.1. The summed E-state index contributed by atoms with van der Waals surface area (Å²) in [6, 6.07) is 9.26. The lowest BCUT2D eigenvalue weighted by atomic mass is 10.0. The third-order valence-corrected chi connectivity index (χ3v) is 3.49. The van der Waals surface area contributed by atoms with E-state index >= 15 is 0 Å². The van der Waals surface area contributed by atoms with Crippen molar-refractivity contribution in [2.24, 2.45) is 11.7 Å². The van der Waals surface area contributed by atoms with Crippen LogP contribution in [0.1, 0.15) is 12.5 Å². The highest BCUT2D eigenvalue weighted by Gasteiger charge is 2.31. The van der Waals surface area contributed by atoms with Crippen molar-refractivity contribution < 1.29 is 19.1 Å². The number of ether oxygens (including phenoxy) is 2. The number of nitrogens with two attached hydrogens (primary N) is 1. The molecule has 2 amide bonds. The van der Waals surface area contributed by atoms with Gasteiger partial charge in [-0.2, -0.15) is 0 Å². The van der Waals surface area contributed by atoms with Gasteiger partial charge in [-0.05, 0) is 5.56 Å². The Labute approximate surface area is 129 Å². The summed E-state index contributed by atoms with van der Waals surface area (Å²) in [5.74, 6) is -0.562. The Morgan fingerprint density at radius 1 is 1.41 bits per heavy atom. The molecule has 1 aliphatic rings. The highest BCUT2D eigenvalue weighted by molar-refractivity contribution is 6.20. The van der Waals surface area contributed by atoms with E-state index in [1.807, 2.05) is 30.3 Å². The number of methoxy groups -OCH3 is 1. The van der Waals surface area contributed by atoms with E-state index in [1.165, 1.54) is 4.90 Å². The maximum absolute atomic E-state index is 12.7. The summed E-state index contributed by atoms with van der Waals surface area (Å²) in [4.78, 5) is 25.4. The monoisotopic (exact) mass is 304 g/mol. The summed E-state index contributed by atoms with van der Waals surface area (Å²) in [5, 5.41) is 0. The van der Waals surface area contributed by atoms with Crippen molar-refractivity contribution >= 4 is 17.4 Å². The lowest BCUT2D eigenvalue weighted by molar-refractivity contribution is -0.134. The zero-order valence-electron chi connectivity index (χ0n) is 12.7. The van der Waals surface area contributed by atoms with Crippen molar-refractivity contribution in [2.75, 3.05) is 27.0 Å². The summed E-state index contributed by atoms with van der Waals surface area (Å²) in [7, 11) is 1.55. The van der Waals surface area contributed by atoms with E-state index in [9.17, 15) is 9.59 Å². The molecule has 0 bridgehead atoms. The Bertz CT molecular complexity index is 583. The van der Waals surface area contributed by atoms with Crippen LogP contribution in [-0.2, 0) is 19.1 Å². The SMILES string of the molecule is COCC1=C(c2ccccc2)C(=O)N(CC(C)C(N)=O)CO1. The summed E-state index contributed by atoms with van der Waals surface area (Å²) in [6.45, 7) is 2.22. The molecule has 2 N–H and O–H groups in total. The van der Waals surface area contributed by atoms with Crippen molar-refractivity contribution in [1.29, 1.82) is 0 Å². The third kappa shape index (κ3) is 3.46. The van der Waals surface area contributed by atoms with Gasteiger partial charge >= 0.3 is 0 Å². The number of carbonyl (C=O) groups excluding carboxylic acids is 2. The van der Waals surface area contributed by atoms with Gasteiger partial charge in [0.05, 0.1) is 11.5 Å². The average molecular weight is 304 g/mol. The number of amides is 2. The number of primary amides is 1. The maximum atomic E-state index is 12.7.